The van der Waals surface area contributed by atoms with E-state index < -0.39 is 0 Å². The molecule has 2 saturated heterocycles. The van der Waals surface area contributed by atoms with Crippen molar-refractivity contribution >= 4 is 0 Å². The number of fused-ring (bicyclic) bond motifs is 2. The minimum Gasteiger partial charge on any atom is -0.373 e. The molecule has 0 aromatic carbocycles. The van der Waals surface area contributed by atoms with Crippen LogP contribution in [0.25, 0.3) is 0 Å². The Hall–Kier alpha value is -0.0800. The molecule has 2 heteroatoms. The van der Waals surface area contributed by atoms with Crippen molar-refractivity contribution in [2.75, 3.05) is 0 Å². The van der Waals surface area contributed by atoms with Crippen LogP contribution in [0.5, 0.6) is 0 Å². The Morgan fingerprint density at radius 2 is 2.21 bits per heavy atom. The molecule has 0 spiro atoms. The van der Waals surface area contributed by atoms with Gasteiger partial charge >= 0.3 is 0 Å². The van der Waals surface area contributed by atoms with Gasteiger partial charge in [0.2, 0.25) is 0 Å². The van der Waals surface area contributed by atoms with Crippen LogP contribution in [0.15, 0.2) is 0 Å². The quantitative estimate of drug-likeness (QED) is 0.731. The molecule has 2 aliphatic heterocycles. The zero-order chi connectivity index (χ0) is 9.97. The van der Waals surface area contributed by atoms with Crippen LogP contribution in [0.1, 0.15) is 52.4 Å². The molecule has 0 aromatic rings. The van der Waals surface area contributed by atoms with Crippen molar-refractivity contribution < 1.29 is 4.74 Å². The Labute approximate surface area is 87.4 Å². The van der Waals surface area contributed by atoms with Crippen molar-refractivity contribution in [3.63, 3.8) is 0 Å². The molecule has 2 nitrogen and oxygen atoms in total. The molecule has 0 amide bonds. The summed E-state index contributed by atoms with van der Waals surface area (Å²) in [7, 11) is 0. The molecule has 1 N–H and O–H groups in total. The maximum absolute atomic E-state index is 5.85. The van der Waals surface area contributed by atoms with Crippen molar-refractivity contribution in [1.82, 2.24) is 5.32 Å². The van der Waals surface area contributed by atoms with Crippen molar-refractivity contribution in [2.24, 2.45) is 0 Å². The third-order valence-electron chi connectivity index (χ3n) is 3.69. The Kier molecular flexibility index (Phi) is 3.45. The molecule has 2 rings (SSSR count). The molecule has 82 valence electrons. The fraction of sp³-hybridized carbons (Fsp3) is 1.00. The van der Waals surface area contributed by atoms with Gasteiger partial charge in [-0.25, -0.2) is 0 Å². The summed E-state index contributed by atoms with van der Waals surface area (Å²) in [6.45, 7) is 4.54. The van der Waals surface area contributed by atoms with Gasteiger partial charge in [0.25, 0.3) is 0 Å². The minimum atomic E-state index is 0.533. The van der Waals surface area contributed by atoms with Crippen LogP contribution in [-0.2, 0) is 4.74 Å². The highest BCUT2D eigenvalue weighted by Crippen LogP contribution is 2.34. The zero-order valence-electron chi connectivity index (χ0n) is 9.46. The highest BCUT2D eigenvalue weighted by molar-refractivity contribution is 4.95. The summed E-state index contributed by atoms with van der Waals surface area (Å²) >= 11 is 0. The van der Waals surface area contributed by atoms with Gasteiger partial charge in [0, 0.05) is 12.1 Å². The molecule has 0 aliphatic carbocycles. The van der Waals surface area contributed by atoms with E-state index >= 15 is 0 Å². The summed E-state index contributed by atoms with van der Waals surface area (Å²) in [4.78, 5) is 0. The summed E-state index contributed by atoms with van der Waals surface area (Å²) in [5.41, 5.74) is 0. The van der Waals surface area contributed by atoms with Crippen molar-refractivity contribution in [1.29, 1.82) is 0 Å². The maximum atomic E-state index is 5.85. The van der Waals surface area contributed by atoms with E-state index in [0.717, 1.165) is 0 Å². The van der Waals surface area contributed by atoms with Crippen LogP contribution in [0.4, 0.5) is 0 Å². The van der Waals surface area contributed by atoms with Gasteiger partial charge in [-0.1, -0.05) is 20.3 Å². The van der Waals surface area contributed by atoms with E-state index in [2.05, 4.69) is 19.2 Å². The Morgan fingerprint density at radius 3 is 2.71 bits per heavy atom. The number of rotatable bonds is 5. The van der Waals surface area contributed by atoms with E-state index in [9.17, 15) is 0 Å². The second-order valence-corrected chi connectivity index (χ2v) is 4.78. The standard InChI is InChI=1S/C12H23NO/c1-3-5-9(4-2)13-11-8-10-6-7-12(11)14-10/h9-13H,3-8H2,1-2H3. The van der Waals surface area contributed by atoms with Crippen LogP contribution in [0.2, 0.25) is 0 Å². The van der Waals surface area contributed by atoms with E-state index in [4.69, 9.17) is 4.74 Å². The zero-order valence-corrected chi connectivity index (χ0v) is 9.46. The van der Waals surface area contributed by atoms with Gasteiger partial charge in [0.05, 0.1) is 12.2 Å². The maximum Gasteiger partial charge on any atom is 0.0733 e. The van der Waals surface area contributed by atoms with Gasteiger partial charge in [-0.2, -0.15) is 0 Å². The number of nitrogens with one attached hydrogen (secondary N) is 1. The number of hydrogen-bond donors (Lipinski definition) is 1. The largest absolute Gasteiger partial charge is 0.373 e. The first-order valence-corrected chi connectivity index (χ1v) is 6.25. The first kappa shape index (κ1) is 10.4. The smallest absolute Gasteiger partial charge is 0.0733 e. The highest BCUT2D eigenvalue weighted by atomic mass is 16.5. The van der Waals surface area contributed by atoms with Crippen molar-refractivity contribution in [3.05, 3.63) is 0 Å². The van der Waals surface area contributed by atoms with Crippen molar-refractivity contribution in [2.45, 2.75) is 76.7 Å². The summed E-state index contributed by atoms with van der Waals surface area (Å²) in [5, 5.41) is 3.77. The molecule has 2 fully saturated rings. The number of ether oxygens (including phenoxy) is 1. The van der Waals surface area contributed by atoms with E-state index in [0.29, 0.717) is 24.3 Å². The SMILES string of the molecule is CCCC(CC)NC1CC2CCC1O2. The van der Waals surface area contributed by atoms with E-state index in [1.165, 1.54) is 38.5 Å². The van der Waals surface area contributed by atoms with Crippen molar-refractivity contribution in [3.8, 4) is 0 Å². The Morgan fingerprint density at radius 1 is 1.36 bits per heavy atom. The second-order valence-electron chi connectivity index (χ2n) is 4.78. The summed E-state index contributed by atoms with van der Waals surface area (Å²) < 4.78 is 5.85. The van der Waals surface area contributed by atoms with Crippen LogP contribution in [-0.4, -0.2) is 24.3 Å². The van der Waals surface area contributed by atoms with Crippen LogP contribution >= 0.6 is 0 Å². The fourth-order valence-electron chi connectivity index (χ4n) is 2.87. The fourth-order valence-corrected chi connectivity index (χ4v) is 2.87. The Balaban J connectivity index is 1.79. The van der Waals surface area contributed by atoms with E-state index in [-0.39, 0.29) is 0 Å². The summed E-state index contributed by atoms with van der Waals surface area (Å²) in [6.07, 6.45) is 8.80. The second kappa shape index (κ2) is 4.63. The molecule has 4 atom stereocenters. The summed E-state index contributed by atoms with van der Waals surface area (Å²) in [6, 6.07) is 1.37. The first-order valence-electron chi connectivity index (χ1n) is 6.25. The molecule has 0 radical (unpaired) electrons. The predicted octanol–water partition coefficient (Wildman–Crippen LogP) is 2.47. The normalized spacial score (nSPS) is 37.7. The molecular weight excluding hydrogens is 174 g/mol. The lowest BCUT2D eigenvalue weighted by atomic mass is 9.94. The van der Waals surface area contributed by atoms with Gasteiger partial charge in [-0.05, 0) is 32.1 Å². The molecule has 0 aromatic heterocycles. The van der Waals surface area contributed by atoms with Gasteiger partial charge < -0.3 is 10.1 Å². The molecule has 2 bridgehead atoms. The molecule has 0 saturated carbocycles. The molecule has 2 aliphatic rings. The monoisotopic (exact) mass is 197 g/mol. The molecule has 2 heterocycles. The van der Waals surface area contributed by atoms with Gasteiger partial charge in [-0.3, -0.25) is 0 Å². The lowest BCUT2D eigenvalue weighted by molar-refractivity contribution is 0.0957. The topological polar surface area (TPSA) is 21.3 Å². The third kappa shape index (κ3) is 2.12. The molecular formula is C12H23NO. The number of hydrogen-bond acceptors (Lipinski definition) is 2. The highest BCUT2D eigenvalue weighted by Gasteiger charge is 2.40. The third-order valence-corrected chi connectivity index (χ3v) is 3.69. The Bertz CT molecular complexity index is 183. The molecule has 14 heavy (non-hydrogen) atoms. The van der Waals surface area contributed by atoms with E-state index in [1.807, 2.05) is 0 Å². The lowest BCUT2D eigenvalue weighted by Gasteiger charge is -2.26. The van der Waals surface area contributed by atoms with E-state index in [1.54, 1.807) is 0 Å². The first-order chi connectivity index (χ1) is 6.83. The van der Waals surface area contributed by atoms with Gasteiger partial charge in [-0.15, -0.1) is 0 Å². The van der Waals surface area contributed by atoms with Crippen LogP contribution in [0, 0.1) is 0 Å². The lowest BCUT2D eigenvalue weighted by Crippen LogP contribution is -2.43. The van der Waals surface area contributed by atoms with Crippen LogP contribution in [0.3, 0.4) is 0 Å². The van der Waals surface area contributed by atoms with Crippen LogP contribution < -0.4 is 5.32 Å². The average molecular weight is 197 g/mol. The molecule has 4 unspecified atom stereocenters. The summed E-state index contributed by atoms with van der Waals surface area (Å²) in [5.74, 6) is 0. The minimum absolute atomic E-state index is 0.533. The van der Waals surface area contributed by atoms with Gasteiger partial charge in [0.15, 0.2) is 0 Å². The average Bonchev–Trinajstić information content (AvgIpc) is 2.78. The van der Waals surface area contributed by atoms with Gasteiger partial charge in [0.1, 0.15) is 0 Å². The predicted molar refractivity (Wildman–Crippen MR) is 58.4 cm³/mol.